The van der Waals surface area contributed by atoms with Crippen LogP contribution in [0, 0.1) is 11.3 Å². The second kappa shape index (κ2) is 11.6. The standard InChI is InChI=1S/C30H38F3N3O2/c31-30(32,33)29(14-2-3-15-29)22-35-18-12-23(13-19-35)21-38-27-11-10-26(20-34-27)24-6-8-25(9-7-24)28(37)36-16-4-1-5-17-36/h6-11,20,23H,1-5,12-19,21-22H2. The van der Waals surface area contributed by atoms with Crippen molar-refractivity contribution in [3.05, 3.63) is 48.2 Å². The van der Waals surface area contributed by atoms with E-state index in [-0.39, 0.29) is 25.3 Å². The van der Waals surface area contributed by atoms with Crippen molar-refractivity contribution in [1.29, 1.82) is 0 Å². The maximum atomic E-state index is 13.7. The SMILES string of the molecule is O=C(c1ccc(-c2ccc(OCC3CCN(CC4(C(F)(F)F)CCCC4)CC3)nc2)cc1)N1CCCCC1. The van der Waals surface area contributed by atoms with Crippen LogP contribution in [0.3, 0.4) is 0 Å². The predicted octanol–water partition coefficient (Wildman–Crippen LogP) is 6.59. The number of rotatable bonds is 7. The van der Waals surface area contributed by atoms with E-state index in [0.29, 0.717) is 49.9 Å². The average Bonchev–Trinajstić information content (AvgIpc) is 3.43. The molecule has 2 saturated heterocycles. The van der Waals surface area contributed by atoms with Gasteiger partial charge in [-0.25, -0.2) is 4.98 Å². The number of carbonyl (C=O) groups is 1. The number of amides is 1. The minimum atomic E-state index is -4.12. The Hall–Kier alpha value is -2.61. The lowest BCUT2D eigenvalue weighted by Crippen LogP contribution is -2.48. The molecule has 2 aromatic rings. The van der Waals surface area contributed by atoms with E-state index < -0.39 is 11.6 Å². The number of hydrogen-bond acceptors (Lipinski definition) is 4. The summed E-state index contributed by atoms with van der Waals surface area (Å²) in [5, 5.41) is 0. The smallest absolute Gasteiger partial charge is 0.395 e. The van der Waals surface area contributed by atoms with Crippen molar-refractivity contribution in [2.45, 2.75) is 64.0 Å². The van der Waals surface area contributed by atoms with Gasteiger partial charge in [-0.2, -0.15) is 13.2 Å². The van der Waals surface area contributed by atoms with Gasteiger partial charge < -0.3 is 14.5 Å². The molecule has 1 amide bonds. The molecule has 0 spiro atoms. The summed E-state index contributed by atoms with van der Waals surface area (Å²) in [7, 11) is 0. The number of carbonyl (C=O) groups excluding carboxylic acids is 1. The van der Waals surface area contributed by atoms with Gasteiger partial charge in [0.25, 0.3) is 5.91 Å². The molecular formula is C30H38F3N3O2. The summed E-state index contributed by atoms with van der Waals surface area (Å²) < 4.78 is 47.2. The lowest BCUT2D eigenvalue weighted by atomic mass is 9.83. The van der Waals surface area contributed by atoms with Gasteiger partial charge in [0.05, 0.1) is 12.0 Å². The van der Waals surface area contributed by atoms with Gasteiger partial charge >= 0.3 is 6.18 Å². The first-order valence-corrected chi connectivity index (χ1v) is 14.1. The molecule has 3 aliphatic rings. The molecule has 5 rings (SSSR count). The van der Waals surface area contributed by atoms with Gasteiger partial charge in [0.2, 0.25) is 5.88 Å². The fraction of sp³-hybridized carbons (Fsp3) is 0.600. The highest BCUT2D eigenvalue weighted by Crippen LogP contribution is 2.51. The molecule has 8 heteroatoms. The Morgan fingerprint density at radius 2 is 1.55 bits per heavy atom. The van der Waals surface area contributed by atoms with E-state index in [9.17, 15) is 18.0 Å². The lowest BCUT2D eigenvalue weighted by molar-refractivity contribution is -0.228. The van der Waals surface area contributed by atoms with Gasteiger partial charge in [-0.15, -0.1) is 0 Å². The first kappa shape index (κ1) is 27.0. The third kappa shape index (κ3) is 6.16. The van der Waals surface area contributed by atoms with E-state index in [1.54, 1.807) is 6.20 Å². The molecule has 1 aromatic heterocycles. The van der Waals surface area contributed by atoms with Crippen LogP contribution in [-0.4, -0.2) is 66.2 Å². The molecule has 1 saturated carbocycles. The lowest BCUT2D eigenvalue weighted by Gasteiger charge is -2.40. The number of pyridine rings is 1. The zero-order valence-electron chi connectivity index (χ0n) is 22.0. The maximum absolute atomic E-state index is 13.7. The van der Waals surface area contributed by atoms with Crippen LogP contribution in [0.1, 0.15) is 68.1 Å². The molecule has 5 nitrogen and oxygen atoms in total. The van der Waals surface area contributed by atoms with Crippen molar-refractivity contribution in [2.24, 2.45) is 11.3 Å². The second-order valence-electron chi connectivity index (χ2n) is 11.3. The Morgan fingerprint density at radius 1 is 0.895 bits per heavy atom. The Kier molecular flexibility index (Phi) is 8.26. The van der Waals surface area contributed by atoms with Crippen molar-refractivity contribution in [1.82, 2.24) is 14.8 Å². The number of nitrogens with zero attached hydrogens (tertiary/aromatic N) is 3. The predicted molar refractivity (Wildman–Crippen MR) is 141 cm³/mol. The molecule has 206 valence electrons. The molecule has 3 fully saturated rings. The zero-order valence-corrected chi connectivity index (χ0v) is 22.0. The van der Waals surface area contributed by atoms with E-state index >= 15 is 0 Å². The minimum Gasteiger partial charge on any atom is -0.477 e. The van der Waals surface area contributed by atoms with E-state index in [0.717, 1.165) is 49.9 Å². The Labute approximate surface area is 223 Å². The summed E-state index contributed by atoms with van der Waals surface area (Å²) in [4.78, 5) is 21.1. The van der Waals surface area contributed by atoms with Crippen LogP contribution in [-0.2, 0) is 0 Å². The van der Waals surface area contributed by atoms with Gasteiger partial charge in [-0.05, 0) is 87.7 Å². The molecule has 1 aromatic carbocycles. The van der Waals surface area contributed by atoms with E-state index in [1.807, 2.05) is 46.2 Å². The number of likely N-dealkylation sites (tertiary alicyclic amines) is 2. The Bertz CT molecular complexity index is 1050. The summed E-state index contributed by atoms with van der Waals surface area (Å²) in [5.74, 6) is 0.973. The van der Waals surface area contributed by atoms with E-state index in [1.165, 1.54) is 6.42 Å². The van der Waals surface area contributed by atoms with Crippen molar-refractivity contribution in [2.75, 3.05) is 39.3 Å². The number of alkyl halides is 3. The molecule has 0 bridgehead atoms. The summed E-state index contributed by atoms with van der Waals surface area (Å²) in [6, 6.07) is 11.5. The van der Waals surface area contributed by atoms with E-state index in [4.69, 9.17) is 4.74 Å². The molecule has 0 atom stereocenters. The van der Waals surface area contributed by atoms with E-state index in [2.05, 4.69) is 4.98 Å². The highest BCUT2D eigenvalue weighted by atomic mass is 19.4. The molecule has 1 aliphatic carbocycles. The van der Waals surface area contributed by atoms with Gasteiger partial charge in [-0.3, -0.25) is 4.79 Å². The first-order valence-electron chi connectivity index (χ1n) is 14.1. The van der Waals surface area contributed by atoms with Gasteiger partial charge in [0.15, 0.2) is 0 Å². The number of ether oxygens (including phenoxy) is 1. The first-order chi connectivity index (χ1) is 18.3. The van der Waals surface area contributed by atoms with Crippen LogP contribution in [0.15, 0.2) is 42.6 Å². The third-order valence-electron chi connectivity index (χ3n) is 8.71. The Morgan fingerprint density at radius 3 is 2.16 bits per heavy atom. The fourth-order valence-corrected chi connectivity index (χ4v) is 6.25. The average molecular weight is 530 g/mol. The molecule has 0 unspecified atom stereocenters. The summed E-state index contributed by atoms with van der Waals surface area (Å²) in [6.07, 6.45) is 4.58. The largest absolute Gasteiger partial charge is 0.477 e. The van der Waals surface area contributed by atoms with Crippen LogP contribution in [0.25, 0.3) is 11.1 Å². The molecule has 0 N–H and O–H groups in total. The van der Waals surface area contributed by atoms with Crippen LogP contribution < -0.4 is 4.74 Å². The van der Waals surface area contributed by atoms with Gasteiger partial charge in [0, 0.05) is 43.0 Å². The number of aromatic nitrogens is 1. The monoisotopic (exact) mass is 529 g/mol. The zero-order chi connectivity index (χ0) is 26.6. The topological polar surface area (TPSA) is 45.7 Å². The van der Waals surface area contributed by atoms with Gasteiger partial charge in [-0.1, -0.05) is 25.0 Å². The fourth-order valence-electron chi connectivity index (χ4n) is 6.25. The summed E-state index contributed by atoms with van der Waals surface area (Å²) >= 11 is 0. The molecular weight excluding hydrogens is 491 g/mol. The Balaban J connectivity index is 1.08. The third-order valence-corrected chi connectivity index (χ3v) is 8.71. The van der Waals surface area contributed by atoms with Crippen LogP contribution >= 0.6 is 0 Å². The molecule has 2 aliphatic heterocycles. The summed E-state index contributed by atoms with van der Waals surface area (Å²) in [5.41, 5.74) is 1.15. The van der Waals surface area contributed by atoms with Crippen LogP contribution in [0.4, 0.5) is 13.2 Å². The van der Waals surface area contributed by atoms with Crippen LogP contribution in [0.2, 0.25) is 0 Å². The normalized spacial score (nSPS) is 21.0. The highest BCUT2D eigenvalue weighted by molar-refractivity contribution is 5.94. The minimum absolute atomic E-state index is 0.0994. The quantitative estimate of drug-likeness (QED) is 0.406. The highest BCUT2D eigenvalue weighted by Gasteiger charge is 2.56. The summed E-state index contributed by atoms with van der Waals surface area (Å²) in [6.45, 7) is 3.72. The van der Waals surface area contributed by atoms with Crippen LogP contribution in [0.5, 0.6) is 5.88 Å². The number of hydrogen-bond donors (Lipinski definition) is 0. The van der Waals surface area contributed by atoms with Gasteiger partial charge in [0.1, 0.15) is 0 Å². The molecule has 38 heavy (non-hydrogen) atoms. The number of piperidine rings is 2. The van der Waals surface area contributed by atoms with Crippen molar-refractivity contribution in [3.8, 4) is 17.0 Å². The molecule has 0 radical (unpaired) electrons. The number of halogens is 3. The second-order valence-corrected chi connectivity index (χ2v) is 11.3. The van der Waals surface area contributed by atoms with Crippen molar-refractivity contribution < 1.29 is 22.7 Å². The maximum Gasteiger partial charge on any atom is 0.395 e. The number of benzene rings is 1. The molecule has 3 heterocycles. The van der Waals surface area contributed by atoms with Crippen molar-refractivity contribution >= 4 is 5.91 Å². The van der Waals surface area contributed by atoms with Crippen molar-refractivity contribution in [3.63, 3.8) is 0 Å².